The Bertz CT molecular complexity index is 436. The van der Waals surface area contributed by atoms with E-state index in [0.29, 0.717) is 12.6 Å². The molecule has 5 N–H and O–H groups in total. The Hall–Kier alpha value is -1.67. The molecule has 1 heterocycles. The number of hydrogen-bond acceptors (Lipinski definition) is 8. The lowest BCUT2D eigenvalue weighted by atomic mass is 9.99. The Morgan fingerprint density at radius 2 is 1.95 bits per heavy atom. The first-order chi connectivity index (χ1) is 9.71. The highest BCUT2D eigenvalue weighted by Crippen LogP contribution is 2.32. The topological polar surface area (TPSA) is 118 Å². The molecule has 1 saturated carbocycles. The number of nitrogens with two attached hydrogens (primary N) is 1. The van der Waals surface area contributed by atoms with Gasteiger partial charge in [0.15, 0.2) is 0 Å². The molecule has 112 valence electrons. The van der Waals surface area contributed by atoms with Gasteiger partial charge in [0, 0.05) is 0 Å². The third-order valence-corrected chi connectivity index (χ3v) is 3.42. The summed E-state index contributed by atoms with van der Waals surface area (Å²) in [6.45, 7) is 2.58. The third-order valence-electron chi connectivity index (χ3n) is 3.42. The molecule has 0 aromatic carbocycles. The van der Waals surface area contributed by atoms with Gasteiger partial charge >= 0.3 is 6.01 Å². The highest BCUT2D eigenvalue weighted by molar-refractivity contribution is 5.37. The van der Waals surface area contributed by atoms with E-state index in [1.54, 1.807) is 0 Å². The van der Waals surface area contributed by atoms with Gasteiger partial charge < -0.3 is 15.2 Å². The average Bonchev–Trinajstić information content (AvgIpc) is 2.94. The molecule has 2 rings (SSSR count). The van der Waals surface area contributed by atoms with Crippen LogP contribution in [0.15, 0.2) is 0 Å². The van der Waals surface area contributed by atoms with Gasteiger partial charge in [-0.25, -0.2) is 5.84 Å². The molecule has 1 fully saturated rings. The molecule has 8 heteroatoms. The van der Waals surface area contributed by atoms with E-state index in [2.05, 4.69) is 25.7 Å². The standard InChI is InChI=1S/C12H22N6O2/c1-2-7-20-11-15-9(14-10(16-11)18-13)17-12(8-19)5-3-4-6-12/h19H,2-8,13H2,1H3,(H2,14,15,16,17,18). The number of nitrogen functional groups attached to an aromatic ring is 1. The first kappa shape index (κ1) is 14.7. The minimum atomic E-state index is -0.352. The van der Waals surface area contributed by atoms with Crippen LogP contribution in [0.5, 0.6) is 6.01 Å². The second-order valence-electron chi connectivity index (χ2n) is 5.03. The fraction of sp³-hybridized carbons (Fsp3) is 0.750. The van der Waals surface area contributed by atoms with Crippen LogP contribution in [0, 0.1) is 0 Å². The molecule has 1 aliphatic carbocycles. The molecular formula is C12H22N6O2. The van der Waals surface area contributed by atoms with Crippen LogP contribution < -0.4 is 21.3 Å². The third kappa shape index (κ3) is 3.45. The molecule has 0 atom stereocenters. The van der Waals surface area contributed by atoms with Crippen molar-refractivity contribution in [3.8, 4) is 6.01 Å². The predicted molar refractivity (Wildman–Crippen MR) is 75.3 cm³/mol. The minimum absolute atomic E-state index is 0.0508. The van der Waals surface area contributed by atoms with E-state index >= 15 is 0 Å². The summed E-state index contributed by atoms with van der Waals surface area (Å²) in [4.78, 5) is 12.4. The Morgan fingerprint density at radius 3 is 2.55 bits per heavy atom. The number of aliphatic hydroxyl groups is 1. The molecule has 1 aromatic rings. The first-order valence-corrected chi connectivity index (χ1v) is 6.96. The molecule has 1 aliphatic rings. The van der Waals surface area contributed by atoms with Crippen molar-refractivity contribution in [3.05, 3.63) is 0 Å². The first-order valence-electron chi connectivity index (χ1n) is 6.96. The molecule has 1 aromatic heterocycles. The largest absolute Gasteiger partial charge is 0.463 e. The number of ether oxygens (including phenoxy) is 1. The Labute approximate surface area is 118 Å². The van der Waals surface area contributed by atoms with E-state index in [-0.39, 0.29) is 24.1 Å². The second kappa shape index (κ2) is 6.67. The molecule has 8 nitrogen and oxygen atoms in total. The summed E-state index contributed by atoms with van der Waals surface area (Å²) in [6, 6.07) is 0.225. The van der Waals surface area contributed by atoms with Crippen LogP contribution in [0.3, 0.4) is 0 Å². The van der Waals surface area contributed by atoms with Gasteiger partial charge in [-0.3, -0.25) is 5.43 Å². The van der Waals surface area contributed by atoms with E-state index in [9.17, 15) is 5.11 Å². The number of rotatable bonds is 7. The summed E-state index contributed by atoms with van der Waals surface area (Å²) in [6.07, 6.45) is 4.82. The summed E-state index contributed by atoms with van der Waals surface area (Å²) in [5, 5.41) is 12.8. The lowest BCUT2D eigenvalue weighted by Gasteiger charge is -2.27. The highest BCUT2D eigenvalue weighted by Gasteiger charge is 2.34. The van der Waals surface area contributed by atoms with Crippen molar-refractivity contribution >= 4 is 11.9 Å². The molecule has 0 bridgehead atoms. The van der Waals surface area contributed by atoms with E-state index in [1.165, 1.54) is 0 Å². The van der Waals surface area contributed by atoms with Crippen molar-refractivity contribution in [3.63, 3.8) is 0 Å². The number of nitrogens with one attached hydrogen (secondary N) is 2. The summed E-state index contributed by atoms with van der Waals surface area (Å²) in [5.41, 5.74) is 2.04. The fourth-order valence-corrected chi connectivity index (χ4v) is 2.35. The normalized spacial score (nSPS) is 16.9. The van der Waals surface area contributed by atoms with Crippen LogP contribution in [0.1, 0.15) is 39.0 Å². The zero-order valence-electron chi connectivity index (χ0n) is 11.7. The zero-order valence-corrected chi connectivity index (χ0v) is 11.7. The summed E-state index contributed by atoms with van der Waals surface area (Å²) >= 11 is 0. The van der Waals surface area contributed by atoms with Crippen LogP contribution in [-0.2, 0) is 0 Å². The maximum Gasteiger partial charge on any atom is 0.323 e. The minimum Gasteiger partial charge on any atom is -0.463 e. The van der Waals surface area contributed by atoms with Crippen molar-refractivity contribution in [2.75, 3.05) is 24.0 Å². The van der Waals surface area contributed by atoms with Crippen molar-refractivity contribution in [2.45, 2.75) is 44.6 Å². The average molecular weight is 282 g/mol. The van der Waals surface area contributed by atoms with E-state index in [4.69, 9.17) is 10.6 Å². The van der Waals surface area contributed by atoms with Gasteiger partial charge in [0.2, 0.25) is 11.9 Å². The Kier molecular flexibility index (Phi) is 4.91. The Morgan fingerprint density at radius 1 is 1.25 bits per heavy atom. The van der Waals surface area contributed by atoms with Gasteiger partial charge in [-0.1, -0.05) is 19.8 Å². The maximum absolute atomic E-state index is 9.61. The number of hydrogen-bond donors (Lipinski definition) is 4. The second-order valence-corrected chi connectivity index (χ2v) is 5.03. The molecule has 0 saturated heterocycles. The smallest absolute Gasteiger partial charge is 0.323 e. The monoisotopic (exact) mass is 282 g/mol. The van der Waals surface area contributed by atoms with Gasteiger partial charge in [0.1, 0.15) is 0 Å². The van der Waals surface area contributed by atoms with E-state index < -0.39 is 0 Å². The number of aromatic nitrogens is 3. The van der Waals surface area contributed by atoms with Gasteiger partial charge in [-0.05, 0) is 19.3 Å². The molecule has 0 radical (unpaired) electrons. The van der Waals surface area contributed by atoms with Crippen molar-refractivity contribution in [1.82, 2.24) is 15.0 Å². The highest BCUT2D eigenvalue weighted by atomic mass is 16.5. The van der Waals surface area contributed by atoms with Crippen molar-refractivity contribution in [1.29, 1.82) is 0 Å². The molecule has 20 heavy (non-hydrogen) atoms. The number of aliphatic hydroxyl groups excluding tert-OH is 1. The van der Waals surface area contributed by atoms with Crippen LogP contribution in [0.4, 0.5) is 11.9 Å². The van der Waals surface area contributed by atoms with Crippen molar-refractivity contribution in [2.24, 2.45) is 5.84 Å². The van der Waals surface area contributed by atoms with Crippen molar-refractivity contribution < 1.29 is 9.84 Å². The quantitative estimate of drug-likeness (QED) is 0.425. The van der Waals surface area contributed by atoms with Gasteiger partial charge in [-0.2, -0.15) is 15.0 Å². The van der Waals surface area contributed by atoms with E-state index in [1.807, 2.05) is 6.92 Å². The zero-order chi connectivity index (χ0) is 14.4. The van der Waals surface area contributed by atoms with Gasteiger partial charge in [0.25, 0.3) is 0 Å². The van der Waals surface area contributed by atoms with E-state index in [0.717, 1.165) is 32.1 Å². The SMILES string of the molecule is CCCOc1nc(NN)nc(NC2(CO)CCCC2)n1. The number of hydrazine groups is 1. The van der Waals surface area contributed by atoms with Gasteiger partial charge in [-0.15, -0.1) is 0 Å². The lowest BCUT2D eigenvalue weighted by Crippen LogP contribution is -2.39. The number of anilines is 2. The van der Waals surface area contributed by atoms with Crippen LogP contribution in [0.25, 0.3) is 0 Å². The van der Waals surface area contributed by atoms with Crippen LogP contribution in [-0.4, -0.2) is 38.8 Å². The molecule has 0 spiro atoms. The lowest BCUT2D eigenvalue weighted by molar-refractivity contribution is 0.213. The summed E-state index contributed by atoms with van der Waals surface area (Å²) in [7, 11) is 0. The molecule has 0 unspecified atom stereocenters. The maximum atomic E-state index is 9.61. The predicted octanol–water partition coefficient (Wildman–Crippen LogP) is 0.663. The molecule has 0 aliphatic heterocycles. The Balaban J connectivity index is 2.17. The fourth-order valence-electron chi connectivity index (χ4n) is 2.35. The number of nitrogens with zero attached hydrogens (tertiary/aromatic N) is 3. The van der Waals surface area contributed by atoms with Crippen LogP contribution >= 0.6 is 0 Å². The summed E-state index contributed by atoms with van der Waals surface area (Å²) < 4.78 is 5.41. The molecular weight excluding hydrogens is 260 g/mol. The van der Waals surface area contributed by atoms with Crippen LogP contribution in [0.2, 0.25) is 0 Å². The summed E-state index contributed by atoms with van der Waals surface area (Å²) in [5.74, 6) is 5.96. The molecule has 0 amide bonds. The van der Waals surface area contributed by atoms with Gasteiger partial charge in [0.05, 0.1) is 18.8 Å².